The van der Waals surface area contributed by atoms with E-state index in [1.807, 2.05) is 0 Å². The van der Waals surface area contributed by atoms with E-state index in [2.05, 4.69) is 4.90 Å². The average molecular weight is 228 g/mol. The number of halogens is 1. The topological polar surface area (TPSA) is 3.24 Å². The van der Waals surface area contributed by atoms with Crippen LogP contribution in [-0.4, -0.2) is 28.4 Å². The second kappa shape index (κ2) is 4.25. The molecule has 0 aromatic rings. The van der Waals surface area contributed by atoms with Crippen molar-refractivity contribution >= 4 is 11.6 Å². The Morgan fingerprint density at radius 3 is 1.93 bits per heavy atom. The predicted molar refractivity (Wildman–Crippen MR) is 64.4 cm³/mol. The van der Waals surface area contributed by atoms with Crippen molar-refractivity contribution in [1.82, 2.24) is 4.90 Å². The average Bonchev–Trinajstić information content (AvgIpc) is 2.53. The summed E-state index contributed by atoms with van der Waals surface area (Å²) in [6, 6.07) is 2.60. The first-order valence-electron chi connectivity index (χ1n) is 6.76. The largest absolute Gasteiger partial charge is 0.294 e. The van der Waals surface area contributed by atoms with Gasteiger partial charge >= 0.3 is 0 Å². The van der Waals surface area contributed by atoms with E-state index in [1.54, 1.807) is 0 Å². The third-order valence-corrected chi connectivity index (χ3v) is 5.08. The van der Waals surface area contributed by atoms with Crippen LogP contribution in [0.3, 0.4) is 0 Å². The van der Waals surface area contributed by atoms with Crippen LogP contribution in [0.2, 0.25) is 0 Å². The molecule has 2 heteroatoms. The van der Waals surface area contributed by atoms with Gasteiger partial charge in [-0.15, -0.1) is 11.6 Å². The molecule has 0 aromatic carbocycles. The van der Waals surface area contributed by atoms with Crippen molar-refractivity contribution in [3.8, 4) is 0 Å². The third-order valence-electron chi connectivity index (χ3n) is 4.73. The fourth-order valence-corrected chi connectivity index (χ4v) is 4.53. The van der Waals surface area contributed by atoms with Gasteiger partial charge in [0.15, 0.2) is 0 Å². The van der Waals surface area contributed by atoms with Gasteiger partial charge in [0.05, 0.1) is 0 Å². The van der Waals surface area contributed by atoms with Crippen LogP contribution in [-0.2, 0) is 0 Å². The molecule has 3 aliphatic rings. The van der Waals surface area contributed by atoms with Crippen molar-refractivity contribution in [2.24, 2.45) is 0 Å². The van der Waals surface area contributed by atoms with E-state index >= 15 is 0 Å². The number of rotatable bonds is 1. The number of fused-ring (bicyclic) bond motifs is 2. The molecule has 2 atom stereocenters. The summed E-state index contributed by atoms with van der Waals surface area (Å²) >= 11 is 6.32. The van der Waals surface area contributed by atoms with E-state index in [9.17, 15) is 0 Å². The third kappa shape index (κ3) is 1.93. The van der Waals surface area contributed by atoms with E-state index in [-0.39, 0.29) is 0 Å². The highest BCUT2D eigenvalue weighted by Gasteiger charge is 2.43. The van der Waals surface area contributed by atoms with Crippen LogP contribution in [0.4, 0.5) is 0 Å². The second-order valence-corrected chi connectivity index (χ2v) is 6.31. The fourth-order valence-electron chi connectivity index (χ4n) is 4.12. The molecule has 1 nitrogen and oxygen atoms in total. The Bertz CT molecular complexity index is 211. The summed E-state index contributed by atoms with van der Waals surface area (Å²) in [6.45, 7) is 0. The Kier molecular flexibility index (Phi) is 2.95. The summed E-state index contributed by atoms with van der Waals surface area (Å²) in [7, 11) is 0. The van der Waals surface area contributed by atoms with Crippen LogP contribution in [0.25, 0.3) is 0 Å². The molecule has 2 aliphatic heterocycles. The van der Waals surface area contributed by atoms with Gasteiger partial charge in [0, 0.05) is 23.5 Å². The maximum Gasteiger partial charge on any atom is 0.0365 e. The van der Waals surface area contributed by atoms with E-state index < -0.39 is 0 Å². The van der Waals surface area contributed by atoms with Crippen molar-refractivity contribution < 1.29 is 0 Å². The van der Waals surface area contributed by atoms with E-state index in [4.69, 9.17) is 11.6 Å². The molecule has 86 valence electrons. The Morgan fingerprint density at radius 2 is 1.33 bits per heavy atom. The predicted octanol–water partition coefficient (Wildman–Crippen LogP) is 3.55. The number of piperidine rings is 1. The zero-order valence-corrected chi connectivity index (χ0v) is 10.3. The molecule has 2 heterocycles. The van der Waals surface area contributed by atoms with Gasteiger partial charge in [0.25, 0.3) is 0 Å². The van der Waals surface area contributed by atoms with Crippen LogP contribution in [0.1, 0.15) is 57.8 Å². The SMILES string of the molecule is ClC1CC2CCC(C1)N2C1CCCCC1. The molecular weight excluding hydrogens is 206 g/mol. The Balaban J connectivity index is 1.70. The molecule has 3 fully saturated rings. The van der Waals surface area contributed by atoms with Gasteiger partial charge in [-0.3, -0.25) is 4.90 Å². The summed E-state index contributed by atoms with van der Waals surface area (Å²) in [5.74, 6) is 0. The van der Waals surface area contributed by atoms with Gasteiger partial charge in [-0.2, -0.15) is 0 Å². The molecule has 3 rings (SSSR count). The summed E-state index contributed by atoms with van der Waals surface area (Å²) in [6.07, 6.45) is 12.7. The smallest absolute Gasteiger partial charge is 0.0365 e. The molecule has 1 aliphatic carbocycles. The van der Waals surface area contributed by atoms with Gasteiger partial charge in [-0.25, -0.2) is 0 Å². The first-order chi connectivity index (χ1) is 7.34. The summed E-state index contributed by atoms with van der Waals surface area (Å²) in [5.41, 5.74) is 0. The molecule has 1 saturated carbocycles. The highest BCUT2D eigenvalue weighted by molar-refractivity contribution is 6.20. The number of alkyl halides is 1. The molecule has 0 aromatic heterocycles. The van der Waals surface area contributed by atoms with Gasteiger partial charge in [0.2, 0.25) is 0 Å². The standard InChI is InChI=1S/C13H22ClN/c14-10-8-12-6-7-13(9-10)15(12)11-4-2-1-3-5-11/h10-13H,1-9H2. The minimum absolute atomic E-state index is 0.474. The lowest BCUT2D eigenvalue weighted by Gasteiger charge is -2.43. The van der Waals surface area contributed by atoms with Crippen LogP contribution in [0.5, 0.6) is 0 Å². The van der Waals surface area contributed by atoms with Crippen LogP contribution in [0, 0.1) is 0 Å². The molecule has 0 radical (unpaired) electrons. The Morgan fingerprint density at radius 1 is 0.733 bits per heavy atom. The Labute approximate surface area is 98.2 Å². The first kappa shape index (κ1) is 10.4. The van der Waals surface area contributed by atoms with Gasteiger partial charge in [0.1, 0.15) is 0 Å². The number of hydrogen-bond donors (Lipinski definition) is 0. The zero-order valence-electron chi connectivity index (χ0n) is 9.50. The molecule has 0 amide bonds. The van der Waals surface area contributed by atoms with Crippen molar-refractivity contribution in [2.75, 3.05) is 0 Å². The molecule has 0 N–H and O–H groups in total. The molecule has 2 unspecified atom stereocenters. The van der Waals surface area contributed by atoms with Gasteiger partial charge in [-0.1, -0.05) is 19.3 Å². The summed E-state index contributed by atoms with van der Waals surface area (Å²) in [4.78, 5) is 2.87. The summed E-state index contributed by atoms with van der Waals surface area (Å²) in [5, 5.41) is 0.474. The lowest BCUT2D eigenvalue weighted by atomic mass is 9.90. The van der Waals surface area contributed by atoms with Gasteiger partial charge < -0.3 is 0 Å². The van der Waals surface area contributed by atoms with E-state index in [0.29, 0.717) is 5.38 Å². The number of hydrogen-bond acceptors (Lipinski definition) is 1. The maximum atomic E-state index is 6.32. The van der Waals surface area contributed by atoms with Crippen LogP contribution < -0.4 is 0 Å². The maximum absolute atomic E-state index is 6.32. The van der Waals surface area contributed by atoms with Crippen molar-refractivity contribution in [3.63, 3.8) is 0 Å². The molecule has 0 spiro atoms. The van der Waals surface area contributed by atoms with Crippen molar-refractivity contribution in [1.29, 1.82) is 0 Å². The minimum Gasteiger partial charge on any atom is -0.294 e. The van der Waals surface area contributed by atoms with Gasteiger partial charge in [-0.05, 0) is 38.5 Å². The zero-order chi connectivity index (χ0) is 10.3. The van der Waals surface area contributed by atoms with E-state index in [1.165, 1.54) is 57.8 Å². The van der Waals surface area contributed by atoms with Crippen LogP contribution in [0.15, 0.2) is 0 Å². The van der Waals surface area contributed by atoms with Crippen molar-refractivity contribution in [3.05, 3.63) is 0 Å². The van der Waals surface area contributed by atoms with Crippen LogP contribution >= 0.6 is 11.6 Å². The van der Waals surface area contributed by atoms with Crippen molar-refractivity contribution in [2.45, 2.75) is 81.3 Å². The molecule has 2 bridgehead atoms. The fraction of sp³-hybridized carbons (Fsp3) is 1.00. The molecular formula is C13H22ClN. The Hall–Kier alpha value is 0.250. The quantitative estimate of drug-likeness (QED) is 0.620. The highest BCUT2D eigenvalue weighted by Crippen LogP contribution is 2.41. The number of nitrogens with zero attached hydrogens (tertiary/aromatic N) is 1. The lowest BCUT2D eigenvalue weighted by molar-refractivity contribution is 0.0671. The summed E-state index contributed by atoms with van der Waals surface area (Å²) < 4.78 is 0. The lowest BCUT2D eigenvalue weighted by Crippen LogP contribution is -2.49. The monoisotopic (exact) mass is 227 g/mol. The second-order valence-electron chi connectivity index (χ2n) is 5.69. The highest BCUT2D eigenvalue weighted by atomic mass is 35.5. The molecule has 15 heavy (non-hydrogen) atoms. The first-order valence-corrected chi connectivity index (χ1v) is 7.20. The minimum atomic E-state index is 0.474. The van der Waals surface area contributed by atoms with E-state index in [0.717, 1.165) is 18.1 Å². The molecule has 2 saturated heterocycles. The normalized spacial score (nSPS) is 43.4.